The summed E-state index contributed by atoms with van der Waals surface area (Å²) >= 11 is 0. The van der Waals surface area contributed by atoms with Gasteiger partial charge < -0.3 is 15.1 Å². The number of benzene rings is 1. The van der Waals surface area contributed by atoms with Crippen molar-refractivity contribution in [1.29, 1.82) is 0 Å². The highest BCUT2D eigenvalue weighted by Crippen LogP contribution is 2.23. The largest absolute Gasteiger partial charge is 0.507 e. The van der Waals surface area contributed by atoms with E-state index in [-0.39, 0.29) is 4.90 Å². The molecule has 2 N–H and O–H groups in total. The molecule has 1 rings (SSSR count). The molecule has 0 aromatic heterocycles. The summed E-state index contributed by atoms with van der Waals surface area (Å²) in [5.74, 6) is -1.84. The monoisotopic (exact) mass is 316 g/mol. The lowest BCUT2D eigenvalue weighted by Crippen LogP contribution is -2.30. The Morgan fingerprint density at radius 2 is 1.81 bits per heavy atom. The number of nitrogens with zero attached hydrogens (tertiary/aromatic N) is 2. The summed E-state index contributed by atoms with van der Waals surface area (Å²) in [5, 5.41) is 18.3. The zero-order chi connectivity index (χ0) is 16.2. The minimum Gasteiger partial charge on any atom is -0.507 e. The summed E-state index contributed by atoms with van der Waals surface area (Å²) < 4.78 is 25.8. The molecule has 0 unspecified atom stereocenters. The lowest BCUT2D eigenvalue weighted by atomic mass is 10.2. The second kappa shape index (κ2) is 6.88. The van der Waals surface area contributed by atoms with Crippen molar-refractivity contribution in [3.05, 3.63) is 23.8 Å². The Kier molecular flexibility index (Phi) is 5.70. The lowest BCUT2D eigenvalue weighted by Gasteiger charge is -2.18. The van der Waals surface area contributed by atoms with E-state index in [2.05, 4.69) is 0 Å². The van der Waals surface area contributed by atoms with Gasteiger partial charge in [-0.25, -0.2) is 17.5 Å². The van der Waals surface area contributed by atoms with E-state index in [1.54, 1.807) is 0 Å². The van der Waals surface area contributed by atoms with E-state index in [0.29, 0.717) is 13.0 Å². The van der Waals surface area contributed by atoms with Crippen LogP contribution in [0, 0.1) is 0 Å². The predicted molar refractivity (Wildman–Crippen MR) is 78.1 cm³/mol. The molecule has 0 radical (unpaired) electrons. The van der Waals surface area contributed by atoms with Gasteiger partial charge in [-0.1, -0.05) is 0 Å². The molecule has 1 aromatic rings. The van der Waals surface area contributed by atoms with Crippen molar-refractivity contribution in [2.75, 3.05) is 34.2 Å². The fraction of sp³-hybridized carbons (Fsp3) is 0.462. The highest BCUT2D eigenvalue weighted by atomic mass is 32.2. The van der Waals surface area contributed by atoms with Crippen molar-refractivity contribution in [1.82, 2.24) is 9.21 Å². The number of aromatic hydroxyl groups is 1. The number of carboxylic acids is 1. The number of phenols is 1. The molecule has 0 aliphatic rings. The van der Waals surface area contributed by atoms with Crippen LogP contribution >= 0.6 is 0 Å². The molecular weight excluding hydrogens is 296 g/mol. The normalized spacial score (nSPS) is 12.0. The minimum atomic E-state index is -3.77. The third-order valence-electron chi connectivity index (χ3n) is 2.98. The van der Waals surface area contributed by atoms with Gasteiger partial charge in [0.1, 0.15) is 11.3 Å². The first-order valence-corrected chi connectivity index (χ1v) is 7.77. The van der Waals surface area contributed by atoms with Crippen LogP contribution in [0.3, 0.4) is 0 Å². The summed E-state index contributed by atoms with van der Waals surface area (Å²) in [6, 6.07) is 3.24. The minimum absolute atomic E-state index is 0.148. The molecule has 0 heterocycles. The fourth-order valence-corrected chi connectivity index (χ4v) is 2.99. The summed E-state index contributed by atoms with van der Waals surface area (Å²) in [6.45, 7) is 1.07. The molecular formula is C13H20N2O5S. The maximum Gasteiger partial charge on any atom is 0.339 e. The van der Waals surface area contributed by atoms with Gasteiger partial charge in [-0.3, -0.25) is 0 Å². The standard InChI is InChI=1S/C13H20N2O5S/c1-14(2)7-4-8-15(3)21(19,20)10-5-6-12(16)11(9-10)13(17)18/h5-6,9,16H,4,7-8H2,1-3H3,(H,17,18). The van der Waals surface area contributed by atoms with Gasteiger partial charge in [0.25, 0.3) is 0 Å². The van der Waals surface area contributed by atoms with Gasteiger partial charge in [0.15, 0.2) is 0 Å². The third-order valence-corrected chi connectivity index (χ3v) is 4.84. The first kappa shape index (κ1) is 17.4. The third kappa shape index (κ3) is 4.42. The molecule has 0 aliphatic carbocycles. The molecule has 0 atom stereocenters. The number of rotatable bonds is 7. The molecule has 7 nitrogen and oxygen atoms in total. The molecule has 0 aliphatic heterocycles. The van der Waals surface area contributed by atoms with Gasteiger partial charge in [-0.2, -0.15) is 0 Å². The van der Waals surface area contributed by atoms with Gasteiger partial charge in [-0.05, 0) is 45.3 Å². The van der Waals surface area contributed by atoms with Crippen LogP contribution < -0.4 is 0 Å². The van der Waals surface area contributed by atoms with Crippen LogP contribution in [0.15, 0.2) is 23.1 Å². The molecule has 8 heteroatoms. The Morgan fingerprint density at radius 3 is 2.33 bits per heavy atom. The topological polar surface area (TPSA) is 98.2 Å². The Balaban J connectivity index is 2.97. The summed E-state index contributed by atoms with van der Waals surface area (Å²) in [5.41, 5.74) is -0.433. The average molecular weight is 316 g/mol. The van der Waals surface area contributed by atoms with Gasteiger partial charge in [0, 0.05) is 13.6 Å². The van der Waals surface area contributed by atoms with Crippen LogP contribution in [0.1, 0.15) is 16.8 Å². The number of hydrogen-bond acceptors (Lipinski definition) is 5. The van der Waals surface area contributed by atoms with Gasteiger partial charge >= 0.3 is 5.97 Å². The van der Waals surface area contributed by atoms with Crippen LogP contribution in [-0.2, 0) is 10.0 Å². The second-order valence-corrected chi connectivity index (χ2v) is 7.01. The van der Waals surface area contributed by atoms with Gasteiger partial charge in [0.05, 0.1) is 4.90 Å². The van der Waals surface area contributed by atoms with E-state index in [9.17, 15) is 18.3 Å². The van der Waals surface area contributed by atoms with Crippen molar-refractivity contribution in [3.8, 4) is 5.75 Å². The van der Waals surface area contributed by atoms with Crippen molar-refractivity contribution in [3.63, 3.8) is 0 Å². The number of sulfonamides is 1. The van der Waals surface area contributed by atoms with Gasteiger partial charge in [0.2, 0.25) is 10.0 Å². The Morgan fingerprint density at radius 1 is 1.19 bits per heavy atom. The molecule has 0 saturated carbocycles. The molecule has 1 aromatic carbocycles. The SMILES string of the molecule is CN(C)CCCN(C)S(=O)(=O)c1ccc(O)c(C(=O)O)c1. The van der Waals surface area contributed by atoms with Crippen LogP contribution in [0.4, 0.5) is 0 Å². The average Bonchev–Trinajstić information content (AvgIpc) is 2.37. The Hall–Kier alpha value is -1.64. The second-order valence-electron chi connectivity index (χ2n) is 4.97. The highest BCUT2D eigenvalue weighted by molar-refractivity contribution is 7.89. The van der Waals surface area contributed by atoms with Crippen molar-refractivity contribution >= 4 is 16.0 Å². The Labute approximate surface area is 124 Å². The van der Waals surface area contributed by atoms with E-state index in [0.717, 1.165) is 18.7 Å². The van der Waals surface area contributed by atoms with Crippen molar-refractivity contribution in [2.45, 2.75) is 11.3 Å². The zero-order valence-electron chi connectivity index (χ0n) is 12.3. The van der Waals surface area contributed by atoms with Crippen LogP contribution in [0.2, 0.25) is 0 Å². The smallest absolute Gasteiger partial charge is 0.339 e. The first-order valence-electron chi connectivity index (χ1n) is 6.33. The van der Waals surface area contributed by atoms with Crippen LogP contribution in [0.25, 0.3) is 0 Å². The maximum absolute atomic E-state index is 12.3. The maximum atomic E-state index is 12.3. The predicted octanol–water partition coefficient (Wildman–Crippen LogP) is 0.663. The quantitative estimate of drug-likeness (QED) is 0.767. The summed E-state index contributed by atoms with van der Waals surface area (Å²) in [6.07, 6.45) is 0.659. The molecule has 0 spiro atoms. The lowest BCUT2D eigenvalue weighted by molar-refractivity contribution is 0.0693. The van der Waals surface area contributed by atoms with Crippen LogP contribution in [0.5, 0.6) is 5.75 Å². The van der Waals surface area contributed by atoms with Gasteiger partial charge in [-0.15, -0.1) is 0 Å². The molecule has 0 bridgehead atoms. The van der Waals surface area contributed by atoms with E-state index in [1.165, 1.54) is 17.4 Å². The molecule has 21 heavy (non-hydrogen) atoms. The molecule has 0 amide bonds. The zero-order valence-corrected chi connectivity index (χ0v) is 13.1. The fourth-order valence-electron chi connectivity index (χ4n) is 1.76. The molecule has 0 fully saturated rings. The number of carboxylic acid groups (broad SMARTS) is 1. The molecule has 0 saturated heterocycles. The van der Waals surface area contributed by atoms with E-state index >= 15 is 0 Å². The van der Waals surface area contributed by atoms with E-state index in [4.69, 9.17) is 5.11 Å². The number of carbonyl (C=O) groups is 1. The summed E-state index contributed by atoms with van der Waals surface area (Å²) in [7, 11) is 1.47. The molecule has 118 valence electrons. The van der Waals surface area contributed by atoms with E-state index < -0.39 is 27.3 Å². The van der Waals surface area contributed by atoms with Crippen molar-refractivity contribution < 1.29 is 23.4 Å². The first-order chi connectivity index (χ1) is 9.66. The number of aromatic carboxylic acids is 1. The van der Waals surface area contributed by atoms with Crippen molar-refractivity contribution in [2.24, 2.45) is 0 Å². The number of hydrogen-bond donors (Lipinski definition) is 2. The van der Waals surface area contributed by atoms with E-state index in [1.807, 2.05) is 19.0 Å². The van der Waals surface area contributed by atoms with Crippen LogP contribution in [-0.4, -0.2) is 68.0 Å². The Bertz CT molecular complexity index is 613. The summed E-state index contributed by atoms with van der Waals surface area (Å²) in [4.78, 5) is 12.7. The highest BCUT2D eigenvalue weighted by Gasteiger charge is 2.23.